The van der Waals surface area contributed by atoms with Crippen LogP contribution in [-0.4, -0.2) is 27.1 Å². The highest BCUT2D eigenvalue weighted by Crippen LogP contribution is 2.26. The molecule has 6 heteroatoms. The first-order chi connectivity index (χ1) is 13.7. The zero-order valence-corrected chi connectivity index (χ0v) is 15.3. The maximum absolute atomic E-state index is 11.9. The van der Waals surface area contributed by atoms with E-state index in [2.05, 4.69) is 16.0 Å². The van der Waals surface area contributed by atoms with E-state index in [0.29, 0.717) is 18.0 Å². The number of carbonyl (C=O) groups is 1. The van der Waals surface area contributed by atoms with Crippen molar-refractivity contribution in [1.82, 2.24) is 14.5 Å². The number of imidazole rings is 1. The van der Waals surface area contributed by atoms with Crippen molar-refractivity contribution >= 4 is 39.6 Å². The fourth-order valence-corrected chi connectivity index (χ4v) is 3.26. The van der Waals surface area contributed by atoms with Crippen LogP contribution in [0.1, 0.15) is 18.3 Å². The van der Waals surface area contributed by atoms with Crippen LogP contribution < -0.4 is 0 Å². The number of aromatic amines is 1. The number of allylic oxidation sites excluding steroid dienone is 1. The molecule has 2 aromatic heterocycles. The summed E-state index contributed by atoms with van der Waals surface area (Å²) in [5.74, 6) is 0.225. The number of fused-ring (bicyclic) bond motifs is 2. The molecule has 0 bridgehead atoms. The van der Waals surface area contributed by atoms with E-state index in [0.717, 1.165) is 27.5 Å². The Morgan fingerprint density at radius 2 is 2.04 bits per heavy atom. The van der Waals surface area contributed by atoms with Crippen molar-refractivity contribution in [2.75, 3.05) is 6.61 Å². The van der Waals surface area contributed by atoms with Gasteiger partial charge in [-0.3, -0.25) is 4.79 Å². The summed E-state index contributed by atoms with van der Waals surface area (Å²) in [7, 11) is 0. The smallest absolute Gasteiger partial charge is 0.325 e. The Labute approximate surface area is 161 Å². The Morgan fingerprint density at radius 3 is 2.82 bits per heavy atom. The lowest BCUT2D eigenvalue weighted by atomic mass is 10.1. The third-order valence-corrected chi connectivity index (χ3v) is 4.49. The van der Waals surface area contributed by atoms with Gasteiger partial charge >= 0.3 is 5.97 Å². The number of rotatable bonds is 5. The number of aromatic nitrogens is 3. The molecular formula is C22H18N4O2. The molecular weight excluding hydrogens is 352 g/mol. The molecule has 0 spiro atoms. The summed E-state index contributed by atoms with van der Waals surface area (Å²) in [5.41, 5.74) is 3.86. The summed E-state index contributed by atoms with van der Waals surface area (Å²) in [4.78, 5) is 19.6. The molecule has 28 heavy (non-hydrogen) atoms. The van der Waals surface area contributed by atoms with Crippen LogP contribution in [0, 0.1) is 11.3 Å². The molecule has 0 saturated heterocycles. The Morgan fingerprint density at radius 1 is 1.25 bits per heavy atom. The molecule has 0 radical (unpaired) electrons. The molecule has 0 aliphatic carbocycles. The minimum atomic E-state index is -0.295. The highest BCUT2D eigenvalue weighted by molar-refractivity contribution is 5.98. The number of nitrogens with one attached hydrogen (secondary N) is 1. The van der Waals surface area contributed by atoms with Crippen molar-refractivity contribution in [3.8, 4) is 6.07 Å². The van der Waals surface area contributed by atoms with Crippen LogP contribution in [0.5, 0.6) is 0 Å². The van der Waals surface area contributed by atoms with E-state index in [4.69, 9.17) is 4.74 Å². The van der Waals surface area contributed by atoms with Crippen molar-refractivity contribution < 1.29 is 9.53 Å². The molecule has 1 N–H and O–H groups in total. The number of carbonyl (C=O) groups excluding carboxylic acids is 1. The van der Waals surface area contributed by atoms with E-state index < -0.39 is 0 Å². The monoisotopic (exact) mass is 370 g/mol. The SMILES string of the molecule is CCOC(=O)Cn1cc(C=C(C#N)c2nc3ccccc3[nH]2)c2ccccc21. The van der Waals surface area contributed by atoms with Gasteiger partial charge in [0, 0.05) is 22.7 Å². The number of H-pyrrole nitrogens is 1. The Balaban J connectivity index is 1.79. The number of para-hydroxylation sites is 3. The van der Waals surface area contributed by atoms with Gasteiger partial charge in [0.2, 0.25) is 0 Å². The number of ether oxygens (including phenoxy) is 1. The molecule has 6 nitrogen and oxygen atoms in total. The first-order valence-electron chi connectivity index (χ1n) is 9.00. The molecule has 0 aliphatic rings. The van der Waals surface area contributed by atoms with E-state index in [-0.39, 0.29) is 12.5 Å². The van der Waals surface area contributed by atoms with Crippen molar-refractivity contribution in [3.63, 3.8) is 0 Å². The normalized spacial score (nSPS) is 11.6. The second kappa shape index (κ2) is 7.41. The third kappa shape index (κ3) is 3.26. The Bertz CT molecular complexity index is 1210. The van der Waals surface area contributed by atoms with Crippen LogP contribution >= 0.6 is 0 Å². The van der Waals surface area contributed by atoms with Gasteiger partial charge in [0.25, 0.3) is 0 Å². The van der Waals surface area contributed by atoms with E-state index in [9.17, 15) is 10.1 Å². The van der Waals surface area contributed by atoms with E-state index >= 15 is 0 Å². The fraction of sp³-hybridized carbons (Fsp3) is 0.136. The predicted molar refractivity (Wildman–Crippen MR) is 108 cm³/mol. The molecule has 4 aromatic rings. The highest BCUT2D eigenvalue weighted by Gasteiger charge is 2.13. The summed E-state index contributed by atoms with van der Waals surface area (Å²) in [6.45, 7) is 2.25. The van der Waals surface area contributed by atoms with Gasteiger partial charge in [-0.25, -0.2) is 4.98 Å². The summed E-state index contributed by atoms with van der Waals surface area (Å²) < 4.78 is 6.91. The predicted octanol–water partition coefficient (Wildman–Crippen LogP) is 4.14. The standard InChI is InChI=1S/C22H18N4O2/c1-2-28-21(27)14-26-13-16(17-7-3-6-10-20(17)26)11-15(12-23)22-24-18-8-4-5-9-19(18)25-22/h3-11,13H,2,14H2,1H3,(H,24,25). The van der Waals surface area contributed by atoms with E-state index in [1.807, 2.05) is 59.3 Å². The van der Waals surface area contributed by atoms with Gasteiger partial charge < -0.3 is 14.3 Å². The second-order valence-corrected chi connectivity index (χ2v) is 6.31. The van der Waals surface area contributed by atoms with Crippen molar-refractivity contribution in [3.05, 3.63) is 66.1 Å². The molecule has 0 aliphatic heterocycles. The number of hydrogen-bond acceptors (Lipinski definition) is 4. The van der Waals surface area contributed by atoms with Crippen molar-refractivity contribution in [2.45, 2.75) is 13.5 Å². The topological polar surface area (TPSA) is 83.7 Å². The van der Waals surface area contributed by atoms with Crippen LogP contribution in [0.2, 0.25) is 0 Å². The first-order valence-corrected chi connectivity index (χ1v) is 9.00. The summed E-state index contributed by atoms with van der Waals surface area (Å²) in [5, 5.41) is 10.7. The molecule has 2 heterocycles. The van der Waals surface area contributed by atoms with Crippen molar-refractivity contribution in [2.24, 2.45) is 0 Å². The van der Waals surface area contributed by atoms with Crippen LogP contribution in [-0.2, 0) is 16.1 Å². The number of benzene rings is 2. The lowest BCUT2D eigenvalue weighted by Gasteiger charge is -2.04. The largest absolute Gasteiger partial charge is 0.465 e. The first kappa shape index (κ1) is 17.6. The summed E-state index contributed by atoms with van der Waals surface area (Å²) >= 11 is 0. The highest BCUT2D eigenvalue weighted by atomic mass is 16.5. The number of nitriles is 1. The minimum absolute atomic E-state index is 0.120. The summed E-state index contributed by atoms with van der Waals surface area (Å²) in [6.07, 6.45) is 3.66. The van der Waals surface area contributed by atoms with Gasteiger partial charge in [-0.05, 0) is 31.2 Å². The van der Waals surface area contributed by atoms with Crippen LogP contribution in [0.15, 0.2) is 54.7 Å². The zero-order valence-electron chi connectivity index (χ0n) is 15.3. The van der Waals surface area contributed by atoms with Gasteiger partial charge in [0.15, 0.2) is 0 Å². The quantitative estimate of drug-likeness (QED) is 0.423. The van der Waals surface area contributed by atoms with Crippen LogP contribution in [0.3, 0.4) is 0 Å². The average molecular weight is 370 g/mol. The molecule has 2 aromatic carbocycles. The van der Waals surface area contributed by atoms with Gasteiger partial charge in [0.1, 0.15) is 18.4 Å². The Hall–Kier alpha value is -3.85. The molecule has 4 rings (SSSR count). The number of esters is 1. The van der Waals surface area contributed by atoms with Gasteiger partial charge in [-0.1, -0.05) is 30.3 Å². The Kier molecular flexibility index (Phi) is 4.65. The lowest BCUT2D eigenvalue weighted by Crippen LogP contribution is -2.12. The van der Waals surface area contributed by atoms with Gasteiger partial charge in [0.05, 0.1) is 23.2 Å². The van der Waals surface area contributed by atoms with Crippen LogP contribution in [0.25, 0.3) is 33.6 Å². The van der Waals surface area contributed by atoms with E-state index in [1.165, 1.54) is 0 Å². The molecule has 0 unspecified atom stereocenters. The maximum atomic E-state index is 11.9. The van der Waals surface area contributed by atoms with Gasteiger partial charge in [-0.2, -0.15) is 5.26 Å². The van der Waals surface area contributed by atoms with E-state index in [1.54, 1.807) is 13.0 Å². The lowest BCUT2D eigenvalue weighted by molar-refractivity contribution is -0.143. The fourth-order valence-electron chi connectivity index (χ4n) is 3.26. The summed E-state index contributed by atoms with van der Waals surface area (Å²) in [6, 6.07) is 17.6. The molecule has 0 amide bonds. The minimum Gasteiger partial charge on any atom is -0.465 e. The molecule has 0 fully saturated rings. The molecule has 0 saturated carbocycles. The second-order valence-electron chi connectivity index (χ2n) is 6.31. The van der Waals surface area contributed by atoms with Crippen LogP contribution in [0.4, 0.5) is 0 Å². The average Bonchev–Trinajstić information content (AvgIpc) is 3.28. The van der Waals surface area contributed by atoms with Gasteiger partial charge in [-0.15, -0.1) is 0 Å². The van der Waals surface area contributed by atoms with Crippen molar-refractivity contribution in [1.29, 1.82) is 5.26 Å². The third-order valence-electron chi connectivity index (χ3n) is 4.49. The molecule has 0 atom stereocenters. The number of nitrogens with zero attached hydrogens (tertiary/aromatic N) is 3. The molecule has 138 valence electrons. The maximum Gasteiger partial charge on any atom is 0.325 e. The zero-order chi connectivity index (χ0) is 19.5. The number of hydrogen-bond donors (Lipinski definition) is 1.